The van der Waals surface area contributed by atoms with Crippen LogP contribution in [0, 0.1) is 0 Å². The summed E-state index contributed by atoms with van der Waals surface area (Å²) in [6, 6.07) is 7.40. The first-order valence-corrected chi connectivity index (χ1v) is 8.62. The molecule has 0 aromatic heterocycles. The fourth-order valence-electron chi connectivity index (χ4n) is 2.54. The van der Waals surface area contributed by atoms with Crippen molar-refractivity contribution >= 4 is 21.6 Å². The van der Waals surface area contributed by atoms with Gasteiger partial charge in [-0.05, 0) is 44.5 Å². The highest BCUT2D eigenvalue weighted by Gasteiger charge is 2.19. The number of nitrogens with zero attached hydrogens (tertiary/aromatic N) is 1. The third kappa shape index (κ3) is 5.28. The monoisotopic (exact) mass is 356 g/mol. The number of hydrogen-bond donors (Lipinski definition) is 1. The quantitative estimate of drug-likeness (QED) is 0.710. The van der Waals surface area contributed by atoms with Crippen molar-refractivity contribution in [1.82, 2.24) is 5.32 Å². The first-order valence-electron chi connectivity index (χ1n) is 7.83. The maximum Gasteiger partial charge on any atom is 0.0637 e. The Labute approximate surface area is 138 Å². The van der Waals surface area contributed by atoms with Crippen LogP contribution in [0.25, 0.3) is 0 Å². The standard InChI is InChI=1S/C17H29BrN2O/c1-6-13(3)20(10-11-21-5)17-12-15(18)8-9-16(17)14(4)19-7-2/h8-9,12-14,19H,6-7,10-11H2,1-5H3. The maximum absolute atomic E-state index is 5.30. The molecule has 0 aliphatic rings. The Morgan fingerprint density at radius 3 is 2.57 bits per heavy atom. The Kier molecular flexibility index (Phi) is 8.30. The van der Waals surface area contributed by atoms with E-state index in [1.54, 1.807) is 7.11 Å². The van der Waals surface area contributed by atoms with Gasteiger partial charge < -0.3 is 15.0 Å². The highest BCUT2D eigenvalue weighted by atomic mass is 79.9. The van der Waals surface area contributed by atoms with Crippen LogP contribution in [0.4, 0.5) is 5.69 Å². The van der Waals surface area contributed by atoms with Gasteiger partial charge in [0.15, 0.2) is 0 Å². The van der Waals surface area contributed by atoms with Gasteiger partial charge in [-0.2, -0.15) is 0 Å². The molecule has 1 N–H and O–H groups in total. The molecule has 1 rings (SSSR count). The van der Waals surface area contributed by atoms with E-state index in [4.69, 9.17) is 4.74 Å². The zero-order valence-electron chi connectivity index (χ0n) is 13.9. The maximum atomic E-state index is 5.30. The minimum absolute atomic E-state index is 0.340. The number of nitrogens with one attached hydrogen (secondary N) is 1. The van der Waals surface area contributed by atoms with Gasteiger partial charge >= 0.3 is 0 Å². The predicted octanol–water partition coefficient (Wildman–Crippen LogP) is 4.37. The van der Waals surface area contributed by atoms with Gasteiger partial charge in [-0.15, -0.1) is 0 Å². The molecular formula is C17H29BrN2O. The molecule has 3 nitrogen and oxygen atoms in total. The van der Waals surface area contributed by atoms with E-state index in [9.17, 15) is 0 Å². The lowest BCUT2D eigenvalue weighted by atomic mass is 10.0. The van der Waals surface area contributed by atoms with E-state index < -0.39 is 0 Å². The number of halogens is 1. The Hall–Kier alpha value is -0.580. The molecule has 2 unspecified atom stereocenters. The number of ether oxygens (including phenoxy) is 1. The Bertz CT molecular complexity index is 425. The van der Waals surface area contributed by atoms with Crippen molar-refractivity contribution in [1.29, 1.82) is 0 Å². The molecule has 0 saturated heterocycles. The molecule has 2 atom stereocenters. The second-order valence-electron chi connectivity index (χ2n) is 5.43. The molecule has 0 radical (unpaired) electrons. The van der Waals surface area contributed by atoms with Gasteiger partial charge in [0.2, 0.25) is 0 Å². The summed E-state index contributed by atoms with van der Waals surface area (Å²) in [7, 11) is 1.76. The molecule has 0 amide bonds. The minimum atomic E-state index is 0.340. The highest BCUT2D eigenvalue weighted by Crippen LogP contribution is 2.31. The van der Waals surface area contributed by atoms with E-state index in [2.05, 4.69) is 72.0 Å². The van der Waals surface area contributed by atoms with Crippen LogP contribution >= 0.6 is 15.9 Å². The molecule has 0 saturated carbocycles. The summed E-state index contributed by atoms with van der Waals surface area (Å²) in [6.45, 7) is 11.5. The summed E-state index contributed by atoms with van der Waals surface area (Å²) in [6.07, 6.45) is 1.12. The second kappa shape index (κ2) is 9.44. The molecule has 0 bridgehead atoms. The van der Waals surface area contributed by atoms with E-state index in [0.717, 1.165) is 30.6 Å². The molecule has 1 aromatic rings. The molecule has 0 heterocycles. The summed E-state index contributed by atoms with van der Waals surface area (Å²) >= 11 is 3.61. The van der Waals surface area contributed by atoms with E-state index in [-0.39, 0.29) is 0 Å². The zero-order chi connectivity index (χ0) is 15.8. The van der Waals surface area contributed by atoms with Crippen LogP contribution in [-0.2, 0) is 4.74 Å². The molecule has 1 aromatic carbocycles. The normalized spacial score (nSPS) is 14.0. The summed E-state index contributed by atoms with van der Waals surface area (Å²) in [4.78, 5) is 2.46. The van der Waals surface area contributed by atoms with E-state index in [0.29, 0.717) is 12.1 Å². The molecule has 0 aliphatic carbocycles. The number of anilines is 1. The highest BCUT2D eigenvalue weighted by molar-refractivity contribution is 9.10. The second-order valence-corrected chi connectivity index (χ2v) is 6.34. The van der Waals surface area contributed by atoms with Gasteiger partial charge in [-0.25, -0.2) is 0 Å². The summed E-state index contributed by atoms with van der Waals surface area (Å²) in [5, 5.41) is 3.52. The zero-order valence-corrected chi connectivity index (χ0v) is 15.5. The predicted molar refractivity (Wildman–Crippen MR) is 95.2 cm³/mol. The molecule has 0 spiro atoms. The Balaban J connectivity index is 3.17. The van der Waals surface area contributed by atoms with Crippen molar-refractivity contribution in [3.63, 3.8) is 0 Å². The lowest BCUT2D eigenvalue weighted by Crippen LogP contribution is -2.37. The fourth-order valence-corrected chi connectivity index (χ4v) is 2.89. The molecule has 120 valence electrons. The number of rotatable bonds is 9. The van der Waals surface area contributed by atoms with Crippen LogP contribution in [-0.4, -0.2) is 32.8 Å². The van der Waals surface area contributed by atoms with Crippen molar-refractivity contribution in [3.8, 4) is 0 Å². The Morgan fingerprint density at radius 2 is 2.00 bits per heavy atom. The number of methoxy groups -OCH3 is 1. The van der Waals surface area contributed by atoms with Crippen LogP contribution in [0.3, 0.4) is 0 Å². The van der Waals surface area contributed by atoms with E-state index in [1.165, 1.54) is 11.3 Å². The largest absolute Gasteiger partial charge is 0.383 e. The summed E-state index contributed by atoms with van der Waals surface area (Å²) < 4.78 is 6.42. The van der Waals surface area contributed by atoms with E-state index in [1.807, 2.05) is 0 Å². The van der Waals surface area contributed by atoms with Crippen LogP contribution in [0.2, 0.25) is 0 Å². The average Bonchev–Trinajstić information content (AvgIpc) is 2.47. The van der Waals surface area contributed by atoms with Gasteiger partial charge in [0, 0.05) is 35.9 Å². The van der Waals surface area contributed by atoms with Crippen LogP contribution < -0.4 is 10.2 Å². The SMILES string of the molecule is CCNC(C)c1ccc(Br)cc1N(CCOC)C(C)CC. The molecule has 0 fully saturated rings. The summed E-state index contributed by atoms with van der Waals surface area (Å²) in [5.41, 5.74) is 2.64. The van der Waals surface area contributed by atoms with Crippen molar-refractivity contribution in [2.75, 3.05) is 31.7 Å². The van der Waals surface area contributed by atoms with Gasteiger partial charge in [0.25, 0.3) is 0 Å². The lowest BCUT2D eigenvalue weighted by molar-refractivity contribution is 0.203. The Morgan fingerprint density at radius 1 is 1.29 bits per heavy atom. The van der Waals surface area contributed by atoms with E-state index >= 15 is 0 Å². The third-order valence-electron chi connectivity index (χ3n) is 3.94. The van der Waals surface area contributed by atoms with Crippen molar-refractivity contribution in [2.45, 2.75) is 46.2 Å². The van der Waals surface area contributed by atoms with Crippen LogP contribution in [0.5, 0.6) is 0 Å². The fraction of sp³-hybridized carbons (Fsp3) is 0.647. The topological polar surface area (TPSA) is 24.5 Å². The minimum Gasteiger partial charge on any atom is -0.383 e. The molecular weight excluding hydrogens is 328 g/mol. The third-order valence-corrected chi connectivity index (χ3v) is 4.43. The average molecular weight is 357 g/mol. The van der Waals surface area contributed by atoms with Gasteiger partial charge in [0.05, 0.1) is 6.61 Å². The lowest BCUT2D eigenvalue weighted by Gasteiger charge is -2.34. The van der Waals surface area contributed by atoms with Crippen molar-refractivity contribution in [3.05, 3.63) is 28.2 Å². The molecule has 0 aliphatic heterocycles. The number of benzene rings is 1. The first kappa shape index (κ1) is 18.5. The first-order chi connectivity index (χ1) is 10.0. The molecule has 21 heavy (non-hydrogen) atoms. The summed E-state index contributed by atoms with van der Waals surface area (Å²) in [5.74, 6) is 0. The van der Waals surface area contributed by atoms with Crippen molar-refractivity contribution in [2.24, 2.45) is 0 Å². The number of hydrogen-bond acceptors (Lipinski definition) is 3. The van der Waals surface area contributed by atoms with Crippen LogP contribution in [0.15, 0.2) is 22.7 Å². The van der Waals surface area contributed by atoms with Gasteiger partial charge in [-0.3, -0.25) is 0 Å². The van der Waals surface area contributed by atoms with Gasteiger partial charge in [0.1, 0.15) is 0 Å². The smallest absolute Gasteiger partial charge is 0.0637 e. The van der Waals surface area contributed by atoms with Gasteiger partial charge in [-0.1, -0.05) is 35.8 Å². The molecule has 4 heteroatoms. The van der Waals surface area contributed by atoms with Crippen molar-refractivity contribution < 1.29 is 4.74 Å². The van der Waals surface area contributed by atoms with Crippen LogP contribution in [0.1, 0.15) is 45.7 Å².